The van der Waals surface area contributed by atoms with Gasteiger partial charge in [0.05, 0.1) is 11.4 Å². The van der Waals surface area contributed by atoms with Crippen LogP contribution >= 0.6 is 0 Å². The SMILES string of the molecule is CC(=NO)c1ccccc1N=C1C[C-](C)C(C)C1.[Yb]. The van der Waals surface area contributed by atoms with Gasteiger partial charge in [0, 0.05) is 52.5 Å². The van der Waals surface area contributed by atoms with Crippen LogP contribution in [-0.4, -0.2) is 16.6 Å². The summed E-state index contributed by atoms with van der Waals surface area (Å²) in [5.41, 5.74) is 3.61. The number of aliphatic imine (C=N–C) groups is 1. The molecule has 4 heteroatoms. The molecule has 1 aromatic rings. The van der Waals surface area contributed by atoms with E-state index >= 15 is 0 Å². The van der Waals surface area contributed by atoms with Gasteiger partial charge in [0.2, 0.25) is 0 Å². The Morgan fingerprint density at radius 1 is 1.37 bits per heavy atom. The van der Waals surface area contributed by atoms with Gasteiger partial charge in [-0.05, 0) is 25.1 Å². The largest absolute Gasteiger partial charge is 0.411 e. The average molecular weight is 416 g/mol. The summed E-state index contributed by atoms with van der Waals surface area (Å²) in [6.45, 7) is 6.22. The van der Waals surface area contributed by atoms with Crippen LogP contribution in [0, 0.1) is 58.8 Å². The number of benzene rings is 1. The van der Waals surface area contributed by atoms with Crippen molar-refractivity contribution in [2.75, 3.05) is 0 Å². The van der Waals surface area contributed by atoms with Crippen LogP contribution in [0.2, 0.25) is 0 Å². The third kappa shape index (κ3) is 4.17. The standard InChI is InChI=1S/C15H19N2O.Yb/c1-10-8-13(9-11(10)2)16-15-7-5-4-6-14(15)12(3)17-18;/h4-7,10,18H,8-9H2,1-3H3;/q-1;. The minimum Gasteiger partial charge on any atom is -0.411 e. The Morgan fingerprint density at radius 2 is 2.05 bits per heavy atom. The van der Waals surface area contributed by atoms with E-state index in [2.05, 4.69) is 19.0 Å². The van der Waals surface area contributed by atoms with Crippen molar-refractivity contribution in [3.8, 4) is 0 Å². The maximum atomic E-state index is 8.89. The van der Waals surface area contributed by atoms with E-state index in [1.54, 1.807) is 6.92 Å². The first kappa shape index (κ1) is 16.9. The van der Waals surface area contributed by atoms with Crippen LogP contribution in [-0.2, 0) is 0 Å². The van der Waals surface area contributed by atoms with E-state index in [9.17, 15) is 0 Å². The van der Waals surface area contributed by atoms with Crippen LogP contribution in [0.3, 0.4) is 0 Å². The van der Waals surface area contributed by atoms with Crippen molar-refractivity contribution in [2.45, 2.75) is 33.6 Å². The Labute approximate surface area is 153 Å². The molecule has 1 fully saturated rings. The molecule has 1 aliphatic rings. The fourth-order valence-corrected chi connectivity index (χ4v) is 2.28. The van der Waals surface area contributed by atoms with Crippen molar-refractivity contribution in [1.29, 1.82) is 0 Å². The fraction of sp³-hybridized carbons (Fsp3) is 0.400. The second kappa shape index (κ2) is 7.61. The average Bonchev–Trinajstić information content (AvgIpc) is 2.68. The fourth-order valence-electron chi connectivity index (χ4n) is 2.28. The topological polar surface area (TPSA) is 45.0 Å². The van der Waals surface area contributed by atoms with Gasteiger partial charge in [0.15, 0.2) is 0 Å². The molecule has 0 radical (unpaired) electrons. The predicted molar refractivity (Wildman–Crippen MR) is 74.8 cm³/mol. The third-order valence-corrected chi connectivity index (χ3v) is 3.59. The molecule has 1 aromatic carbocycles. The number of oxime groups is 1. The van der Waals surface area contributed by atoms with Gasteiger partial charge < -0.3 is 11.1 Å². The van der Waals surface area contributed by atoms with Crippen molar-refractivity contribution in [3.63, 3.8) is 0 Å². The van der Waals surface area contributed by atoms with Gasteiger partial charge in [-0.2, -0.15) is 12.8 Å². The molecule has 0 amide bonds. The molecule has 110 valence electrons. The maximum absolute atomic E-state index is 8.89. The van der Waals surface area contributed by atoms with E-state index in [1.165, 1.54) is 11.6 Å². The van der Waals surface area contributed by atoms with Gasteiger partial charge in [-0.1, -0.05) is 30.3 Å². The molecule has 3 nitrogen and oxygen atoms in total. The molecule has 1 unspecified atom stereocenters. The van der Waals surface area contributed by atoms with Gasteiger partial charge >= 0.3 is 0 Å². The smallest absolute Gasteiger partial charge is 0.0858 e. The second-order valence-electron chi connectivity index (χ2n) is 5.01. The summed E-state index contributed by atoms with van der Waals surface area (Å²) in [4.78, 5) is 4.73. The van der Waals surface area contributed by atoms with Gasteiger partial charge in [-0.25, -0.2) is 0 Å². The Bertz CT molecular complexity index is 485. The first-order chi connectivity index (χ1) is 8.61. The summed E-state index contributed by atoms with van der Waals surface area (Å²) in [5, 5.41) is 12.2. The van der Waals surface area contributed by atoms with E-state index in [-0.39, 0.29) is 46.9 Å². The van der Waals surface area contributed by atoms with Crippen LogP contribution in [0.15, 0.2) is 34.4 Å². The zero-order chi connectivity index (χ0) is 13.1. The second-order valence-corrected chi connectivity index (χ2v) is 5.01. The minimum atomic E-state index is 0. The molecule has 0 bridgehead atoms. The van der Waals surface area contributed by atoms with Gasteiger partial charge in [-0.3, -0.25) is 4.99 Å². The van der Waals surface area contributed by atoms with E-state index < -0.39 is 0 Å². The van der Waals surface area contributed by atoms with Gasteiger partial charge in [-0.15, -0.1) is 6.42 Å². The molecule has 1 atom stereocenters. The number of hydrogen-bond acceptors (Lipinski definition) is 3. The molecule has 1 saturated carbocycles. The first-order valence-corrected chi connectivity index (χ1v) is 6.28. The van der Waals surface area contributed by atoms with Crippen molar-refractivity contribution < 1.29 is 52.1 Å². The van der Waals surface area contributed by atoms with Crippen molar-refractivity contribution >= 4 is 17.1 Å². The Hall–Kier alpha value is -0.121. The van der Waals surface area contributed by atoms with Crippen LogP contribution in [0.25, 0.3) is 0 Å². The van der Waals surface area contributed by atoms with Crippen molar-refractivity contribution in [1.82, 2.24) is 0 Å². The Morgan fingerprint density at radius 3 is 2.63 bits per heavy atom. The van der Waals surface area contributed by atoms with Gasteiger partial charge in [0.25, 0.3) is 0 Å². The minimum absolute atomic E-state index is 0. The van der Waals surface area contributed by atoms with E-state index in [0.29, 0.717) is 11.6 Å². The normalized spacial score (nSPS) is 22.6. The van der Waals surface area contributed by atoms with Crippen LogP contribution in [0.1, 0.15) is 39.2 Å². The monoisotopic (exact) mass is 417 g/mol. The molecule has 0 heterocycles. The van der Waals surface area contributed by atoms with Crippen molar-refractivity contribution in [2.24, 2.45) is 16.1 Å². The van der Waals surface area contributed by atoms with E-state index in [1.807, 2.05) is 24.3 Å². The maximum Gasteiger partial charge on any atom is 0.0858 e. The van der Waals surface area contributed by atoms with Crippen molar-refractivity contribution in [3.05, 3.63) is 35.7 Å². The first-order valence-electron chi connectivity index (χ1n) is 6.28. The molecule has 0 saturated heterocycles. The van der Waals surface area contributed by atoms with Crippen LogP contribution < -0.4 is 0 Å². The number of hydrogen-bond donors (Lipinski definition) is 1. The van der Waals surface area contributed by atoms with E-state index in [0.717, 1.165) is 24.1 Å². The number of para-hydroxylation sites is 1. The number of rotatable bonds is 2. The summed E-state index contributed by atoms with van der Waals surface area (Å²) < 4.78 is 0. The molecular weight excluding hydrogens is 397 g/mol. The Kier molecular flexibility index (Phi) is 6.78. The van der Waals surface area contributed by atoms with E-state index in [4.69, 9.17) is 10.2 Å². The zero-order valence-electron chi connectivity index (χ0n) is 11.4. The third-order valence-electron chi connectivity index (χ3n) is 3.59. The summed E-state index contributed by atoms with van der Waals surface area (Å²) in [6, 6.07) is 7.80. The number of nitrogens with zero attached hydrogens (tertiary/aromatic N) is 2. The molecular formula is C15H19N2OYb-. The summed E-state index contributed by atoms with van der Waals surface area (Å²) in [6.07, 6.45) is 2.03. The summed E-state index contributed by atoms with van der Waals surface area (Å²) in [7, 11) is 0. The zero-order valence-corrected chi connectivity index (χ0v) is 13.1. The molecule has 0 spiro atoms. The Balaban J connectivity index is 0.00000180. The molecule has 2 rings (SSSR count). The molecule has 0 aliphatic heterocycles. The summed E-state index contributed by atoms with van der Waals surface area (Å²) in [5.74, 6) is 2.13. The predicted octanol–water partition coefficient (Wildman–Crippen LogP) is 3.98. The molecule has 0 aromatic heterocycles. The van der Waals surface area contributed by atoms with Crippen LogP contribution in [0.5, 0.6) is 0 Å². The van der Waals surface area contributed by atoms with Gasteiger partial charge in [0.1, 0.15) is 0 Å². The quantitative estimate of drug-likeness (QED) is 0.337. The summed E-state index contributed by atoms with van der Waals surface area (Å²) >= 11 is 0. The van der Waals surface area contributed by atoms with Crippen LogP contribution in [0.4, 0.5) is 5.69 Å². The molecule has 19 heavy (non-hydrogen) atoms. The molecule has 1 N–H and O–H groups in total. The molecule has 1 aliphatic carbocycles.